The summed E-state index contributed by atoms with van der Waals surface area (Å²) in [5.74, 6) is -2.40. The average Bonchev–Trinajstić information content (AvgIpc) is 3.03. The van der Waals surface area contributed by atoms with Crippen LogP contribution in [0.3, 0.4) is 0 Å². The molecule has 0 saturated heterocycles. The fourth-order valence-corrected chi connectivity index (χ4v) is 2.77. The Morgan fingerprint density at radius 3 is 2.64 bits per heavy atom. The van der Waals surface area contributed by atoms with E-state index < -0.39 is 23.2 Å². The molecule has 8 heteroatoms. The third kappa shape index (κ3) is 4.05. The van der Waals surface area contributed by atoms with E-state index in [1.165, 1.54) is 16.8 Å². The second kappa shape index (κ2) is 7.33. The normalized spacial score (nSPS) is 10.7. The van der Waals surface area contributed by atoms with E-state index in [4.69, 9.17) is 11.6 Å². The maximum atomic E-state index is 13.6. The minimum absolute atomic E-state index is 0.0424. The predicted molar refractivity (Wildman–Crippen MR) is 94.8 cm³/mol. The van der Waals surface area contributed by atoms with Crippen LogP contribution in [-0.2, 0) is 6.54 Å². The first-order valence-electron chi connectivity index (χ1n) is 7.17. The predicted octanol–water partition coefficient (Wildman–Crippen LogP) is 4.88. The SMILES string of the molecule is O=C(Nc1c(F)cccc1F)c1ccn(Cc2cc(Cl)ccc2Br)n1. The highest BCUT2D eigenvalue weighted by molar-refractivity contribution is 9.10. The zero-order chi connectivity index (χ0) is 18.0. The highest BCUT2D eigenvalue weighted by atomic mass is 79.9. The minimum Gasteiger partial charge on any atom is -0.316 e. The van der Waals surface area contributed by atoms with Crippen LogP contribution in [0.4, 0.5) is 14.5 Å². The van der Waals surface area contributed by atoms with Crippen LogP contribution in [0.5, 0.6) is 0 Å². The van der Waals surface area contributed by atoms with Gasteiger partial charge in [0.2, 0.25) is 0 Å². The van der Waals surface area contributed by atoms with Crippen molar-refractivity contribution < 1.29 is 13.6 Å². The molecule has 2 aromatic carbocycles. The first-order valence-corrected chi connectivity index (χ1v) is 8.34. The Morgan fingerprint density at radius 1 is 1.20 bits per heavy atom. The van der Waals surface area contributed by atoms with Crippen LogP contribution in [0.1, 0.15) is 16.1 Å². The zero-order valence-electron chi connectivity index (χ0n) is 12.6. The fourth-order valence-electron chi connectivity index (χ4n) is 2.20. The van der Waals surface area contributed by atoms with Crippen molar-refractivity contribution in [2.75, 3.05) is 5.32 Å². The van der Waals surface area contributed by atoms with Gasteiger partial charge in [-0.1, -0.05) is 33.6 Å². The Kier molecular flexibility index (Phi) is 5.15. The number of hydrogen-bond donors (Lipinski definition) is 1. The van der Waals surface area contributed by atoms with Gasteiger partial charge in [-0.3, -0.25) is 9.48 Å². The van der Waals surface area contributed by atoms with Crippen LogP contribution >= 0.6 is 27.5 Å². The van der Waals surface area contributed by atoms with Gasteiger partial charge in [0.05, 0.1) is 6.54 Å². The van der Waals surface area contributed by atoms with Crippen molar-refractivity contribution in [2.24, 2.45) is 0 Å². The summed E-state index contributed by atoms with van der Waals surface area (Å²) in [6.45, 7) is 0.377. The van der Waals surface area contributed by atoms with Gasteiger partial charge in [0.25, 0.3) is 5.91 Å². The van der Waals surface area contributed by atoms with Crippen molar-refractivity contribution >= 4 is 39.1 Å². The van der Waals surface area contributed by atoms with Crippen LogP contribution in [0, 0.1) is 11.6 Å². The summed E-state index contributed by atoms with van der Waals surface area (Å²) in [5, 5.41) is 6.91. The maximum absolute atomic E-state index is 13.6. The molecule has 0 atom stereocenters. The molecule has 0 aliphatic rings. The molecule has 4 nitrogen and oxygen atoms in total. The van der Waals surface area contributed by atoms with Gasteiger partial charge >= 0.3 is 0 Å². The van der Waals surface area contributed by atoms with Crippen LogP contribution in [0.2, 0.25) is 5.02 Å². The number of nitrogens with one attached hydrogen (secondary N) is 1. The number of carbonyl (C=O) groups is 1. The summed E-state index contributed by atoms with van der Waals surface area (Å²) in [6.07, 6.45) is 1.60. The molecule has 0 bridgehead atoms. The number of hydrogen-bond acceptors (Lipinski definition) is 2. The summed E-state index contributed by atoms with van der Waals surface area (Å²) >= 11 is 9.39. The quantitative estimate of drug-likeness (QED) is 0.646. The Morgan fingerprint density at radius 2 is 1.92 bits per heavy atom. The van der Waals surface area contributed by atoms with Gasteiger partial charge in [-0.15, -0.1) is 0 Å². The minimum atomic E-state index is -0.851. The molecule has 1 amide bonds. The molecular weight excluding hydrogens is 416 g/mol. The molecule has 1 N–H and O–H groups in total. The summed E-state index contributed by atoms with van der Waals surface area (Å²) < 4.78 is 29.6. The monoisotopic (exact) mass is 425 g/mol. The standard InChI is InChI=1S/C17H11BrClF2N3O/c18-12-5-4-11(19)8-10(12)9-24-7-6-15(23-24)17(25)22-16-13(20)2-1-3-14(16)21/h1-8H,9H2,(H,22,25). The highest BCUT2D eigenvalue weighted by Gasteiger charge is 2.15. The maximum Gasteiger partial charge on any atom is 0.276 e. The van der Waals surface area contributed by atoms with Gasteiger partial charge in [0.1, 0.15) is 17.3 Å². The largest absolute Gasteiger partial charge is 0.316 e. The molecule has 0 fully saturated rings. The van der Waals surface area contributed by atoms with Crippen molar-refractivity contribution in [1.29, 1.82) is 0 Å². The van der Waals surface area contributed by atoms with E-state index in [9.17, 15) is 13.6 Å². The first kappa shape index (κ1) is 17.6. The Labute approximate surface area is 155 Å². The number of rotatable bonds is 4. The van der Waals surface area contributed by atoms with Crippen molar-refractivity contribution in [3.8, 4) is 0 Å². The third-order valence-corrected chi connectivity index (χ3v) is 4.42. The molecule has 128 valence electrons. The molecule has 0 spiro atoms. The number of aromatic nitrogens is 2. The second-order valence-corrected chi connectivity index (χ2v) is 6.48. The van der Waals surface area contributed by atoms with Crippen LogP contribution < -0.4 is 5.32 Å². The van der Waals surface area contributed by atoms with Crippen molar-refractivity contribution in [3.05, 3.63) is 81.0 Å². The summed E-state index contributed by atoms with van der Waals surface area (Å²) in [5.41, 5.74) is 0.420. The number of halogens is 4. The molecular formula is C17H11BrClF2N3O. The topological polar surface area (TPSA) is 46.9 Å². The Hall–Kier alpha value is -2.25. The Bertz CT molecular complexity index is 925. The number of benzene rings is 2. The number of para-hydroxylation sites is 1. The second-order valence-electron chi connectivity index (χ2n) is 5.19. The van der Waals surface area contributed by atoms with Gasteiger partial charge in [0.15, 0.2) is 5.69 Å². The van der Waals surface area contributed by atoms with Crippen LogP contribution in [0.15, 0.2) is 53.1 Å². The molecule has 0 aliphatic carbocycles. The summed E-state index contributed by atoms with van der Waals surface area (Å²) in [7, 11) is 0. The van der Waals surface area contributed by atoms with Gasteiger partial charge in [-0.2, -0.15) is 5.10 Å². The van der Waals surface area contributed by atoms with E-state index in [1.807, 2.05) is 6.07 Å². The van der Waals surface area contributed by atoms with Crippen molar-refractivity contribution in [2.45, 2.75) is 6.54 Å². The molecule has 0 saturated carbocycles. The van der Waals surface area contributed by atoms with Gasteiger partial charge in [-0.25, -0.2) is 8.78 Å². The first-order chi connectivity index (χ1) is 11.9. The van der Waals surface area contributed by atoms with Gasteiger partial charge in [-0.05, 0) is 42.0 Å². The lowest BCUT2D eigenvalue weighted by Gasteiger charge is -2.07. The number of amides is 1. The number of anilines is 1. The van der Waals surface area contributed by atoms with Crippen LogP contribution in [-0.4, -0.2) is 15.7 Å². The van der Waals surface area contributed by atoms with E-state index in [0.717, 1.165) is 22.2 Å². The zero-order valence-corrected chi connectivity index (χ0v) is 15.0. The molecule has 1 heterocycles. The number of carbonyl (C=O) groups excluding carboxylic acids is 1. The molecule has 0 radical (unpaired) electrons. The van der Waals surface area contributed by atoms with E-state index >= 15 is 0 Å². The highest BCUT2D eigenvalue weighted by Crippen LogP contribution is 2.22. The molecule has 1 aromatic heterocycles. The van der Waals surface area contributed by atoms with E-state index in [0.29, 0.717) is 11.6 Å². The Balaban J connectivity index is 1.77. The molecule has 3 aromatic rings. The molecule has 0 unspecified atom stereocenters. The lowest BCUT2D eigenvalue weighted by Crippen LogP contribution is -2.15. The van der Waals surface area contributed by atoms with Crippen LogP contribution in [0.25, 0.3) is 0 Å². The average molecular weight is 427 g/mol. The fraction of sp³-hybridized carbons (Fsp3) is 0.0588. The van der Waals surface area contributed by atoms with E-state index in [-0.39, 0.29) is 5.69 Å². The van der Waals surface area contributed by atoms with E-state index in [2.05, 4.69) is 26.3 Å². The van der Waals surface area contributed by atoms with Gasteiger partial charge in [0, 0.05) is 15.7 Å². The van der Waals surface area contributed by atoms with Crippen molar-refractivity contribution in [3.63, 3.8) is 0 Å². The molecule has 25 heavy (non-hydrogen) atoms. The lowest BCUT2D eigenvalue weighted by molar-refractivity contribution is 0.102. The van der Waals surface area contributed by atoms with Gasteiger partial charge < -0.3 is 5.32 Å². The summed E-state index contributed by atoms with van der Waals surface area (Å²) in [6, 6.07) is 10.2. The summed E-state index contributed by atoms with van der Waals surface area (Å²) in [4.78, 5) is 12.2. The smallest absolute Gasteiger partial charge is 0.276 e. The lowest BCUT2D eigenvalue weighted by atomic mass is 10.2. The van der Waals surface area contributed by atoms with E-state index in [1.54, 1.807) is 18.3 Å². The van der Waals surface area contributed by atoms with Crippen molar-refractivity contribution in [1.82, 2.24) is 9.78 Å². The molecule has 0 aliphatic heterocycles. The molecule has 3 rings (SSSR count). The third-order valence-electron chi connectivity index (χ3n) is 3.41. The number of nitrogens with zero attached hydrogens (tertiary/aromatic N) is 2.